The van der Waals surface area contributed by atoms with E-state index < -0.39 is 89.8 Å². The highest BCUT2D eigenvalue weighted by molar-refractivity contribution is 5.92. The fourth-order valence-electron chi connectivity index (χ4n) is 5.35. The molecule has 0 saturated carbocycles. The number of rotatable bonds is 33. The SMILES string of the molecule is CC(C)(C)OC(=O)CCCOC(=O)CC(=O)OCCOCc1cc(COCCOC(=O)CC(=O)OCCCC(=O)OC(C)(C)C)cc(COCCOC(=O)CC(=O)OCCCC(=O)OC(C)(C)C)c1. The first-order valence-corrected chi connectivity index (χ1v) is 22.7. The van der Waals surface area contributed by atoms with Gasteiger partial charge < -0.3 is 56.8 Å². The standard InChI is InChI=1S/C48H72O21/c1-46(2,3)67-37(49)13-10-16-61-40(52)28-43(55)64-22-19-58-31-34-25-35(32-59-20-23-65-44(56)29-41(53)62-17-11-14-38(50)68-47(4,5)6)27-36(26-34)33-60-21-24-66-45(57)30-42(54)63-18-12-15-39(51)69-48(7,8)9/h25-27H,10-24,28-33H2,1-9H3. The van der Waals surface area contributed by atoms with Gasteiger partial charge in [-0.1, -0.05) is 18.2 Å². The molecule has 0 heterocycles. The van der Waals surface area contributed by atoms with E-state index in [1.165, 1.54) is 0 Å². The maximum atomic E-state index is 12.1. The van der Waals surface area contributed by atoms with Crippen LogP contribution >= 0.6 is 0 Å². The summed E-state index contributed by atoms with van der Waals surface area (Å²) in [6, 6.07) is 5.37. The molecule has 0 aliphatic rings. The Morgan fingerprint density at radius 1 is 0.319 bits per heavy atom. The number of carbonyl (C=O) groups excluding carboxylic acids is 9. The lowest BCUT2D eigenvalue weighted by atomic mass is 10.1. The summed E-state index contributed by atoms with van der Waals surface area (Å²) < 4.78 is 62.9. The third kappa shape index (κ3) is 37.0. The second kappa shape index (κ2) is 33.0. The summed E-state index contributed by atoms with van der Waals surface area (Å²) in [4.78, 5) is 108. The normalized spacial score (nSPS) is 11.4. The molecule has 0 spiro atoms. The molecule has 0 bridgehead atoms. The molecule has 0 radical (unpaired) electrons. The van der Waals surface area contributed by atoms with E-state index >= 15 is 0 Å². The average Bonchev–Trinajstić information content (AvgIpc) is 3.20. The molecule has 0 saturated heterocycles. The highest BCUT2D eigenvalue weighted by Crippen LogP contribution is 2.16. The Morgan fingerprint density at radius 2 is 0.536 bits per heavy atom. The Bertz CT molecular complexity index is 1580. The van der Waals surface area contributed by atoms with Crippen molar-refractivity contribution in [1.82, 2.24) is 0 Å². The molecule has 390 valence electrons. The first-order valence-electron chi connectivity index (χ1n) is 22.7. The van der Waals surface area contributed by atoms with Crippen LogP contribution in [-0.2, 0) is 120 Å². The highest BCUT2D eigenvalue weighted by atomic mass is 16.6. The second-order valence-electron chi connectivity index (χ2n) is 18.2. The van der Waals surface area contributed by atoms with Crippen LogP contribution in [0, 0.1) is 0 Å². The van der Waals surface area contributed by atoms with E-state index in [0.29, 0.717) is 16.7 Å². The number of ether oxygens (including phenoxy) is 12. The van der Waals surface area contributed by atoms with Gasteiger partial charge in [0.05, 0.1) is 59.5 Å². The first kappa shape index (κ1) is 61.3. The van der Waals surface area contributed by atoms with Gasteiger partial charge in [0, 0.05) is 19.3 Å². The van der Waals surface area contributed by atoms with Crippen molar-refractivity contribution in [1.29, 1.82) is 0 Å². The number of benzene rings is 1. The van der Waals surface area contributed by atoms with Gasteiger partial charge in [0.25, 0.3) is 0 Å². The summed E-state index contributed by atoms with van der Waals surface area (Å²) in [5.74, 6) is -6.12. The fraction of sp³-hybridized carbons (Fsp3) is 0.688. The molecule has 0 fully saturated rings. The molecule has 1 rings (SSSR count). The third-order valence-electron chi connectivity index (χ3n) is 7.88. The Morgan fingerprint density at radius 3 is 0.754 bits per heavy atom. The van der Waals surface area contributed by atoms with Crippen LogP contribution in [0.25, 0.3) is 0 Å². The Hall–Kier alpha value is -5.67. The van der Waals surface area contributed by atoms with Gasteiger partial charge >= 0.3 is 53.7 Å². The summed E-state index contributed by atoms with van der Waals surface area (Å²) in [6.07, 6.45) is -0.983. The van der Waals surface area contributed by atoms with Gasteiger partial charge in [-0.05, 0) is 98.3 Å². The Kier molecular flexibility index (Phi) is 29.3. The van der Waals surface area contributed by atoms with Crippen LogP contribution in [0.1, 0.15) is 137 Å². The van der Waals surface area contributed by atoms with Crippen LogP contribution in [0.15, 0.2) is 18.2 Å². The Balaban J connectivity index is 2.60. The Labute approximate surface area is 404 Å². The van der Waals surface area contributed by atoms with E-state index in [1.54, 1.807) is 80.5 Å². The molecule has 1 aromatic carbocycles. The van der Waals surface area contributed by atoms with E-state index in [4.69, 9.17) is 56.8 Å². The van der Waals surface area contributed by atoms with E-state index in [1.807, 2.05) is 0 Å². The van der Waals surface area contributed by atoms with Crippen molar-refractivity contribution >= 4 is 53.7 Å². The molecule has 0 unspecified atom stereocenters. The fourth-order valence-corrected chi connectivity index (χ4v) is 5.35. The van der Waals surface area contributed by atoms with Crippen molar-refractivity contribution in [2.75, 3.05) is 59.5 Å². The quantitative estimate of drug-likeness (QED) is 0.0387. The lowest BCUT2D eigenvalue weighted by Gasteiger charge is -2.19. The van der Waals surface area contributed by atoms with Gasteiger partial charge in [-0.2, -0.15) is 0 Å². The number of esters is 9. The molecule has 0 atom stereocenters. The molecule has 69 heavy (non-hydrogen) atoms. The molecule has 1 aromatic rings. The second-order valence-corrected chi connectivity index (χ2v) is 18.2. The van der Waals surface area contributed by atoms with E-state index in [2.05, 4.69) is 0 Å². The monoisotopic (exact) mass is 984 g/mol. The molecule has 21 heteroatoms. The molecule has 0 N–H and O–H groups in total. The van der Waals surface area contributed by atoms with E-state index in [0.717, 1.165) is 0 Å². The van der Waals surface area contributed by atoms with Gasteiger partial charge in [-0.3, -0.25) is 43.2 Å². The molecular weight excluding hydrogens is 913 g/mol. The average molecular weight is 985 g/mol. The molecule has 21 nitrogen and oxygen atoms in total. The summed E-state index contributed by atoms with van der Waals surface area (Å²) in [5, 5.41) is 0. The predicted molar refractivity (Wildman–Crippen MR) is 240 cm³/mol. The van der Waals surface area contributed by atoms with Crippen LogP contribution in [-0.4, -0.2) is 130 Å². The van der Waals surface area contributed by atoms with Crippen LogP contribution in [0.4, 0.5) is 0 Å². The molecule has 0 aliphatic heterocycles. The smallest absolute Gasteiger partial charge is 0.317 e. The summed E-state index contributed by atoms with van der Waals surface area (Å²) in [7, 11) is 0. The minimum Gasteiger partial charge on any atom is -0.465 e. The maximum Gasteiger partial charge on any atom is 0.317 e. The van der Waals surface area contributed by atoms with Crippen molar-refractivity contribution in [3.8, 4) is 0 Å². The largest absolute Gasteiger partial charge is 0.465 e. The third-order valence-corrected chi connectivity index (χ3v) is 7.88. The van der Waals surface area contributed by atoms with Crippen LogP contribution in [0.2, 0.25) is 0 Å². The van der Waals surface area contributed by atoms with Gasteiger partial charge in [0.1, 0.15) is 55.9 Å². The van der Waals surface area contributed by atoms with Crippen LogP contribution in [0.5, 0.6) is 0 Å². The van der Waals surface area contributed by atoms with Gasteiger partial charge in [-0.15, -0.1) is 0 Å². The first-order chi connectivity index (χ1) is 32.3. The lowest BCUT2D eigenvalue weighted by Crippen LogP contribution is -2.24. The highest BCUT2D eigenvalue weighted by Gasteiger charge is 2.20. The molecule has 0 aromatic heterocycles. The molecule has 0 amide bonds. The van der Waals surface area contributed by atoms with Crippen molar-refractivity contribution in [3.63, 3.8) is 0 Å². The lowest BCUT2D eigenvalue weighted by molar-refractivity contribution is -0.159. The summed E-state index contributed by atoms with van der Waals surface area (Å²) in [6.45, 7) is 15.2. The van der Waals surface area contributed by atoms with Gasteiger partial charge in [-0.25, -0.2) is 0 Å². The zero-order valence-electron chi connectivity index (χ0n) is 41.7. The molecular formula is C48H72O21. The maximum absolute atomic E-state index is 12.1. The van der Waals surface area contributed by atoms with Crippen molar-refractivity contribution in [2.24, 2.45) is 0 Å². The minimum absolute atomic E-state index is 0.0147. The van der Waals surface area contributed by atoms with Crippen molar-refractivity contribution in [2.45, 2.75) is 157 Å². The predicted octanol–water partition coefficient (Wildman–Crippen LogP) is 5.03. The number of hydrogen-bond acceptors (Lipinski definition) is 21. The van der Waals surface area contributed by atoms with E-state index in [-0.39, 0.29) is 118 Å². The number of carbonyl (C=O) groups is 9. The summed E-state index contributed by atoms with van der Waals surface area (Å²) in [5.41, 5.74) is 0.170. The van der Waals surface area contributed by atoms with Crippen LogP contribution in [0.3, 0.4) is 0 Å². The van der Waals surface area contributed by atoms with Gasteiger partial charge in [0.2, 0.25) is 0 Å². The van der Waals surface area contributed by atoms with Crippen molar-refractivity contribution in [3.05, 3.63) is 34.9 Å². The zero-order chi connectivity index (χ0) is 51.9. The zero-order valence-corrected chi connectivity index (χ0v) is 41.7. The van der Waals surface area contributed by atoms with E-state index in [9.17, 15) is 43.2 Å². The van der Waals surface area contributed by atoms with Crippen molar-refractivity contribution < 1.29 is 100.0 Å². The topological polar surface area (TPSA) is 264 Å². The van der Waals surface area contributed by atoms with Crippen LogP contribution < -0.4 is 0 Å². The molecule has 0 aliphatic carbocycles. The summed E-state index contributed by atoms with van der Waals surface area (Å²) >= 11 is 0. The van der Waals surface area contributed by atoms with Gasteiger partial charge in [0.15, 0.2) is 0 Å². The number of hydrogen-bond donors (Lipinski definition) is 0. The minimum atomic E-state index is -0.815.